The first-order chi connectivity index (χ1) is 19.2. The number of pyridine rings is 1. The Bertz CT molecular complexity index is 1880. The van der Waals surface area contributed by atoms with Crippen molar-refractivity contribution in [3.05, 3.63) is 142 Å². The molecule has 0 aliphatic heterocycles. The summed E-state index contributed by atoms with van der Waals surface area (Å²) in [4.78, 5) is 25.9. The number of fused-ring (bicyclic) bond motifs is 2. The minimum absolute atomic E-state index is 0.288. The molecule has 6 heteroatoms. The zero-order chi connectivity index (χ0) is 26.6. The number of hydrogen-bond acceptors (Lipinski definition) is 5. The third-order valence-corrected chi connectivity index (χ3v) is 6.46. The molecule has 0 saturated carbocycles. The maximum absolute atomic E-state index is 13.3. The minimum atomic E-state index is -0.288. The van der Waals surface area contributed by atoms with E-state index in [4.69, 9.17) is 19.4 Å². The van der Waals surface area contributed by atoms with E-state index < -0.39 is 0 Å². The van der Waals surface area contributed by atoms with Gasteiger partial charge < -0.3 is 14.5 Å². The smallest absolute Gasteiger partial charge is 0.275 e. The van der Waals surface area contributed by atoms with Gasteiger partial charge in [-0.3, -0.25) is 4.79 Å². The van der Waals surface area contributed by atoms with Crippen molar-refractivity contribution in [3.63, 3.8) is 0 Å². The van der Waals surface area contributed by atoms with Crippen molar-refractivity contribution in [2.45, 2.75) is 6.61 Å². The summed E-state index contributed by atoms with van der Waals surface area (Å²) in [5.41, 5.74) is 5.32. The van der Waals surface area contributed by atoms with E-state index in [-0.39, 0.29) is 5.56 Å². The summed E-state index contributed by atoms with van der Waals surface area (Å²) in [5, 5.41) is 1.02. The molecule has 0 bridgehead atoms. The highest BCUT2D eigenvalue weighted by Crippen LogP contribution is 2.32. The van der Waals surface area contributed by atoms with E-state index in [9.17, 15) is 4.79 Å². The number of ether oxygens (including phenoxy) is 2. The van der Waals surface area contributed by atoms with E-state index in [1.807, 2.05) is 115 Å². The Balaban J connectivity index is 1.49. The standard InChI is InChI=1S/C33H25N3O3/c1-38-30-18-15-23(20-31(30)39-21-22-9-3-2-4-10-22)19-25(27-17-16-24-11-5-6-12-26(24)34-27)32-33(37)36-29-14-8-7-13-28(29)35-32/h2-20H,21H2,1H3,(H,36,37)/b25-19+. The highest BCUT2D eigenvalue weighted by molar-refractivity contribution is 5.92. The second-order valence-electron chi connectivity index (χ2n) is 9.06. The van der Waals surface area contributed by atoms with Crippen LogP contribution in [0.4, 0.5) is 0 Å². The Morgan fingerprint density at radius 2 is 1.56 bits per heavy atom. The summed E-state index contributed by atoms with van der Waals surface area (Å²) >= 11 is 0. The molecular formula is C33H25N3O3. The number of nitrogens with zero attached hydrogens (tertiary/aromatic N) is 2. The van der Waals surface area contributed by atoms with Crippen LogP contribution in [0.3, 0.4) is 0 Å². The molecule has 39 heavy (non-hydrogen) atoms. The molecule has 0 saturated heterocycles. The van der Waals surface area contributed by atoms with E-state index in [2.05, 4.69) is 4.98 Å². The summed E-state index contributed by atoms with van der Waals surface area (Å²) in [6, 6.07) is 34.9. The summed E-state index contributed by atoms with van der Waals surface area (Å²) in [7, 11) is 1.61. The maximum Gasteiger partial charge on any atom is 0.275 e. The molecule has 0 spiro atoms. The van der Waals surface area contributed by atoms with Gasteiger partial charge in [0.05, 0.1) is 29.4 Å². The van der Waals surface area contributed by atoms with Gasteiger partial charge in [-0.05, 0) is 53.6 Å². The second kappa shape index (κ2) is 10.6. The third kappa shape index (κ3) is 5.13. The molecule has 190 valence electrons. The quantitative estimate of drug-likeness (QED) is 0.260. The molecule has 0 aliphatic carbocycles. The van der Waals surface area contributed by atoms with Gasteiger partial charge in [-0.25, -0.2) is 9.97 Å². The summed E-state index contributed by atoms with van der Waals surface area (Å²) in [6.45, 7) is 0.398. The first kappa shape index (κ1) is 24.1. The van der Waals surface area contributed by atoms with Crippen LogP contribution in [-0.2, 0) is 6.61 Å². The van der Waals surface area contributed by atoms with Crippen LogP contribution in [0.1, 0.15) is 22.5 Å². The molecule has 1 N–H and O–H groups in total. The number of H-pyrrole nitrogens is 1. The predicted octanol–water partition coefficient (Wildman–Crippen LogP) is 6.65. The molecule has 0 radical (unpaired) electrons. The molecule has 0 unspecified atom stereocenters. The van der Waals surface area contributed by atoms with Gasteiger partial charge in [-0.15, -0.1) is 0 Å². The van der Waals surface area contributed by atoms with E-state index in [1.165, 1.54) is 0 Å². The van der Waals surface area contributed by atoms with Crippen molar-refractivity contribution in [3.8, 4) is 11.5 Å². The van der Waals surface area contributed by atoms with Crippen molar-refractivity contribution >= 4 is 33.6 Å². The summed E-state index contributed by atoms with van der Waals surface area (Å²) in [5.74, 6) is 1.22. The Labute approximate surface area is 225 Å². The van der Waals surface area contributed by atoms with Crippen molar-refractivity contribution in [1.29, 1.82) is 0 Å². The largest absolute Gasteiger partial charge is 0.493 e. The topological polar surface area (TPSA) is 77.1 Å². The summed E-state index contributed by atoms with van der Waals surface area (Å²) in [6.07, 6.45) is 1.91. The summed E-state index contributed by atoms with van der Waals surface area (Å²) < 4.78 is 11.7. The number of hydrogen-bond donors (Lipinski definition) is 1. The molecule has 2 heterocycles. The predicted molar refractivity (Wildman–Crippen MR) is 155 cm³/mol. The second-order valence-corrected chi connectivity index (χ2v) is 9.06. The highest BCUT2D eigenvalue weighted by atomic mass is 16.5. The fourth-order valence-electron chi connectivity index (χ4n) is 4.49. The lowest BCUT2D eigenvalue weighted by Crippen LogP contribution is -2.15. The van der Waals surface area contributed by atoms with Gasteiger partial charge >= 0.3 is 0 Å². The molecule has 6 aromatic rings. The van der Waals surface area contributed by atoms with Crippen molar-refractivity contribution < 1.29 is 9.47 Å². The number of nitrogens with one attached hydrogen (secondary N) is 1. The van der Waals surface area contributed by atoms with Crippen LogP contribution in [0.5, 0.6) is 11.5 Å². The van der Waals surface area contributed by atoms with Crippen LogP contribution in [0.25, 0.3) is 33.6 Å². The normalized spacial score (nSPS) is 11.6. The monoisotopic (exact) mass is 511 g/mol. The number of methoxy groups -OCH3 is 1. The fourth-order valence-corrected chi connectivity index (χ4v) is 4.49. The molecule has 0 atom stereocenters. The van der Waals surface area contributed by atoms with E-state index in [0.717, 1.165) is 22.0 Å². The molecule has 0 fully saturated rings. The number of para-hydroxylation sites is 3. The zero-order valence-electron chi connectivity index (χ0n) is 21.3. The molecule has 2 aromatic heterocycles. The average molecular weight is 512 g/mol. The molecule has 6 rings (SSSR count). The fraction of sp³-hybridized carbons (Fsp3) is 0.0606. The van der Waals surface area contributed by atoms with Gasteiger partial charge in [0.15, 0.2) is 11.5 Å². The number of benzene rings is 4. The van der Waals surface area contributed by atoms with E-state index in [1.54, 1.807) is 7.11 Å². The highest BCUT2D eigenvalue weighted by Gasteiger charge is 2.16. The molecule has 0 aliphatic rings. The van der Waals surface area contributed by atoms with Crippen LogP contribution in [0.2, 0.25) is 0 Å². The Morgan fingerprint density at radius 1 is 0.795 bits per heavy atom. The zero-order valence-corrected chi connectivity index (χ0v) is 21.3. The van der Waals surface area contributed by atoms with Crippen LogP contribution < -0.4 is 15.0 Å². The lowest BCUT2D eigenvalue weighted by Gasteiger charge is -2.13. The van der Waals surface area contributed by atoms with Gasteiger partial charge in [0.25, 0.3) is 5.56 Å². The van der Waals surface area contributed by atoms with Gasteiger partial charge in [0.2, 0.25) is 0 Å². The van der Waals surface area contributed by atoms with Crippen LogP contribution in [-0.4, -0.2) is 22.1 Å². The molecule has 4 aromatic carbocycles. The lowest BCUT2D eigenvalue weighted by atomic mass is 10.0. The van der Waals surface area contributed by atoms with Gasteiger partial charge in [-0.2, -0.15) is 0 Å². The number of aromatic nitrogens is 3. The first-order valence-electron chi connectivity index (χ1n) is 12.6. The Morgan fingerprint density at radius 3 is 2.41 bits per heavy atom. The van der Waals surface area contributed by atoms with Gasteiger partial charge in [0, 0.05) is 11.0 Å². The van der Waals surface area contributed by atoms with Gasteiger partial charge in [0.1, 0.15) is 12.3 Å². The SMILES string of the molecule is COc1ccc(/C=C(\c2ccc3ccccc3n2)c2nc3ccccc3[nH]c2=O)cc1OCc1ccccc1. The number of aromatic amines is 1. The maximum atomic E-state index is 13.3. The van der Waals surface area contributed by atoms with Crippen molar-refractivity contribution in [2.24, 2.45) is 0 Å². The molecular weight excluding hydrogens is 486 g/mol. The van der Waals surface area contributed by atoms with Crippen LogP contribution in [0.15, 0.2) is 114 Å². The van der Waals surface area contributed by atoms with Crippen molar-refractivity contribution in [2.75, 3.05) is 7.11 Å². The molecule has 0 amide bonds. The molecule has 6 nitrogen and oxygen atoms in total. The first-order valence-corrected chi connectivity index (χ1v) is 12.6. The van der Waals surface area contributed by atoms with E-state index in [0.29, 0.717) is 46.1 Å². The Hall–Kier alpha value is -5.23. The number of rotatable bonds is 7. The van der Waals surface area contributed by atoms with E-state index >= 15 is 0 Å². The van der Waals surface area contributed by atoms with Crippen molar-refractivity contribution in [1.82, 2.24) is 15.0 Å². The minimum Gasteiger partial charge on any atom is -0.493 e. The van der Waals surface area contributed by atoms with Crippen LogP contribution in [0, 0.1) is 0 Å². The van der Waals surface area contributed by atoms with Gasteiger partial charge in [-0.1, -0.05) is 72.8 Å². The third-order valence-electron chi connectivity index (χ3n) is 6.46. The average Bonchev–Trinajstić information content (AvgIpc) is 2.99. The lowest BCUT2D eigenvalue weighted by molar-refractivity contribution is 0.284. The van der Waals surface area contributed by atoms with Crippen LogP contribution >= 0.6 is 0 Å². The Kier molecular flexibility index (Phi) is 6.58.